The van der Waals surface area contributed by atoms with Crippen molar-refractivity contribution in [2.75, 3.05) is 6.54 Å². The summed E-state index contributed by atoms with van der Waals surface area (Å²) in [5, 5.41) is 10.1. The quantitative estimate of drug-likeness (QED) is 0.658. The van der Waals surface area contributed by atoms with Crippen LogP contribution in [0.2, 0.25) is 0 Å². The van der Waals surface area contributed by atoms with Gasteiger partial charge in [-0.25, -0.2) is 0 Å². The second-order valence-corrected chi connectivity index (χ2v) is 6.41. The maximum absolute atomic E-state index is 10.9. The normalized spacial score (nSPS) is 20.2. The fourth-order valence-electron chi connectivity index (χ4n) is 2.21. The highest BCUT2D eigenvalue weighted by Crippen LogP contribution is 2.39. The number of aromatic hydroxyl groups is 1. The molecule has 0 aromatic heterocycles. The highest BCUT2D eigenvalue weighted by atomic mass is 16.7. The number of carbonyl (C=O) groups excluding carboxylic acids is 1. The molecular weight excluding hydrogens is 281 g/mol. The van der Waals surface area contributed by atoms with Gasteiger partial charge in [0.15, 0.2) is 6.29 Å². The van der Waals surface area contributed by atoms with E-state index in [-0.39, 0.29) is 17.9 Å². The minimum Gasteiger partial charge on any atom is -0.507 e. The number of nitrogens with two attached hydrogens (primary N) is 1. The van der Waals surface area contributed by atoms with Crippen molar-refractivity contribution in [2.24, 2.45) is 5.73 Å². The molecule has 0 saturated carbocycles. The number of aldehydes is 1. The Kier molecular flexibility index (Phi) is 4.47. The van der Waals surface area contributed by atoms with E-state index in [1.165, 1.54) is 0 Å². The van der Waals surface area contributed by atoms with Gasteiger partial charge in [0.2, 0.25) is 0 Å². The number of benzene rings is 1. The Balaban J connectivity index is 2.36. The van der Waals surface area contributed by atoms with E-state index in [2.05, 4.69) is 0 Å². The summed E-state index contributed by atoms with van der Waals surface area (Å²) < 4.78 is 11.9. The average Bonchev–Trinajstić information content (AvgIpc) is 2.66. The van der Waals surface area contributed by atoms with Crippen molar-refractivity contribution in [1.82, 2.24) is 0 Å². The Hall–Kier alpha value is -1.63. The monoisotopic (exact) mass is 303 g/mol. The molecule has 22 heavy (non-hydrogen) atoms. The molecule has 0 amide bonds. The highest BCUT2D eigenvalue weighted by Gasteiger charge is 2.52. The molecular formula is C16H22BNO4. The summed E-state index contributed by atoms with van der Waals surface area (Å²) in [6, 6.07) is 4.97. The second-order valence-electron chi connectivity index (χ2n) is 6.41. The van der Waals surface area contributed by atoms with Gasteiger partial charge in [-0.2, -0.15) is 0 Å². The van der Waals surface area contributed by atoms with Gasteiger partial charge in [-0.05, 0) is 39.2 Å². The Bertz CT molecular complexity index is 594. The first-order valence-corrected chi connectivity index (χ1v) is 7.25. The van der Waals surface area contributed by atoms with E-state index >= 15 is 0 Å². The predicted molar refractivity (Wildman–Crippen MR) is 86.6 cm³/mol. The lowest BCUT2D eigenvalue weighted by molar-refractivity contribution is 0.00578. The van der Waals surface area contributed by atoms with Crippen LogP contribution >= 0.6 is 0 Å². The first kappa shape index (κ1) is 16.7. The van der Waals surface area contributed by atoms with Gasteiger partial charge in [0, 0.05) is 12.1 Å². The maximum atomic E-state index is 10.9. The molecule has 1 heterocycles. The van der Waals surface area contributed by atoms with Crippen LogP contribution in [0.3, 0.4) is 0 Å². The molecule has 0 bridgehead atoms. The number of carbonyl (C=O) groups is 1. The summed E-state index contributed by atoms with van der Waals surface area (Å²) >= 11 is 0. The van der Waals surface area contributed by atoms with Crippen LogP contribution in [0.15, 0.2) is 23.7 Å². The summed E-state index contributed by atoms with van der Waals surface area (Å²) in [5.74, 6) is -0.0695. The molecule has 0 unspecified atom stereocenters. The number of phenolic OH excluding ortho intramolecular Hbond substituents is 1. The average molecular weight is 303 g/mol. The van der Waals surface area contributed by atoms with Gasteiger partial charge in [-0.1, -0.05) is 18.2 Å². The molecule has 1 aromatic carbocycles. The predicted octanol–water partition coefficient (Wildman–Crippen LogP) is 2.18. The Morgan fingerprint density at radius 1 is 1.23 bits per heavy atom. The van der Waals surface area contributed by atoms with E-state index in [9.17, 15) is 9.90 Å². The SMILES string of the molecule is CC1(C)OB(C(=Cc2cccc(C=O)c2O)CN)OC1(C)C. The zero-order valence-corrected chi connectivity index (χ0v) is 13.4. The first-order chi connectivity index (χ1) is 10.2. The summed E-state index contributed by atoms with van der Waals surface area (Å²) in [7, 11) is -0.575. The van der Waals surface area contributed by atoms with Gasteiger partial charge in [-0.15, -0.1) is 0 Å². The van der Waals surface area contributed by atoms with Crippen molar-refractivity contribution in [1.29, 1.82) is 0 Å². The number of phenols is 1. The first-order valence-electron chi connectivity index (χ1n) is 7.25. The number of hydrogen-bond donors (Lipinski definition) is 2. The fourth-order valence-corrected chi connectivity index (χ4v) is 2.21. The van der Waals surface area contributed by atoms with Crippen molar-refractivity contribution in [3.8, 4) is 5.75 Å². The van der Waals surface area contributed by atoms with Crippen molar-refractivity contribution < 1.29 is 19.2 Å². The van der Waals surface area contributed by atoms with Gasteiger partial charge in [0.05, 0.1) is 16.8 Å². The number of rotatable bonds is 4. The van der Waals surface area contributed by atoms with E-state index in [1.54, 1.807) is 24.3 Å². The number of hydrogen-bond acceptors (Lipinski definition) is 5. The van der Waals surface area contributed by atoms with Crippen LogP contribution in [-0.4, -0.2) is 36.3 Å². The largest absolute Gasteiger partial charge is 0.507 e. The van der Waals surface area contributed by atoms with Gasteiger partial charge in [0.1, 0.15) is 5.75 Å². The molecule has 0 atom stereocenters. The van der Waals surface area contributed by atoms with Gasteiger partial charge < -0.3 is 20.1 Å². The lowest BCUT2D eigenvalue weighted by Gasteiger charge is -2.32. The molecule has 0 spiro atoms. The highest BCUT2D eigenvalue weighted by molar-refractivity contribution is 6.56. The molecule has 3 N–H and O–H groups in total. The van der Waals surface area contributed by atoms with Crippen LogP contribution in [0.1, 0.15) is 43.6 Å². The summed E-state index contributed by atoms with van der Waals surface area (Å²) in [5.41, 5.74) is 6.35. The number of para-hydroxylation sites is 1. The van der Waals surface area contributed by atoms with Crippen molar-refractivity contribution in [3.05, 3.63) is 34.8 Å². The van der Waals surface area contributed by atoms with Crippen LogP contribution in [0, 0.1) is 0 Å². The zero-order valence-electron chi connectivity index (χ0n) is 13.4. The van der Waals surface area contributed by atoms with Gasteiger partial charge >= 0.3 is 7.12 Å². The van der Waals surface area contributed by atoms with Crippen molar-refractivity contribution in [2.45, 2.75) is 38.9 Å². The Morgan fingerprint density at radius 2 is 1.77 bits per heavy atom. The van der Waals surface area contributed by atoms with E-state index in [1.807, 2.05) is 27.7 Å². The Morgan fingerprint density at radius 3 is 2.27 bits per heavy atom. The van der Waals surface area contributed by atoms with Crippen LogP contribution < -0.4 is 5.73 Å². The minimum atomic E-state index is -0.575. The summed E-state index contributed by atoms with van der Waals surface area (Å²) in [6.45, 7) is 8.08. The minimum absolute atomic E-state index is 0.0695. The van der Waals surface area contributed by atoms with E-state index in [4.69, 9.17) is 15.0 Å². The topological polar surface area (TPSA) is 81.8 Å². The molecule has 1 fully saturated rings. The summed E-state index contributed by atoms with van der Waals surface area (Å²) in [6.07, 6.45) is 2.33. The lowest BCUT2D eigenvalue weighted by atomic mass is 9.77. The van der Waals surface area contributed by atoms with E-state index in [0.717, 1.165) is 0 Å². The van der Waals surface area contributed by atoms with Crippen LogP contribution in [-0.2, 0) is 9.31 Å². The zero-order chi connectivity index (χ0) is 16.5. The third-order valence-electron chi connectivity index (χ3n) is 4.36. The fraction of sp³-hybridized carbons (Fsp3) is 0.438. The molecule has 5 nitrogen and oxygen atoms in total. The van der Waals surface area contributed by atoms with Crippen molar-refractivity contribution >= 4 is 19.5 Å². The Labute approximate surface area is 131 Å². The van der Waals surface area contributed by atoms with Gasteiger partial charge in [0.25, 0.3) is 0 Å². The summed E-state index contributed by atoms with van der Waals surface area (Å²) in [4.78, 5) is 10.9. The third-order valence-corrected chi connectivity index (χ3v) is 4.36. The molecule has 1 saturated heterocycles. The molecule has 118 valence electrons. The van der Waals surface area contributed by atoms with Crippen LogP contribution in [0.25, 0.3) is 6.08 Å². The van der Waals surface area contributed by atoms with E-state index < -0.39 is 18.3 Å². The van der Waals surface area contributed by atoms with Crippen molar-refractivity contribution in [3.63, 3.8) is 0 Å². The molecule has 0 radical (unpaired) electrons. The molecule has 6 heteroatoms. The maximum Gasteiger partial charge on any atom is 0.491 e. The lowest BCUT2D eigenvalue weighted by Crippen LogP contribution is -2.41. The standard InChI is InChI=1S/C16H22BNO4/c1-15(2)16(3,4)22-17(21-15)13(9-18)8-11-6-5-7-12(10-19)14(11)20/h5-8,10,20H,9,18H2,1-4H3. The molecule has 1 aliphatic rings. The second kappa shape index (κ2) is 5.87. The molecule has 0 aliphatic carbocycles. The molecule has 1 aliphatic heterocycles. The smallest absolute Gasteiger partial charge is 0.491 e. The molecule has 1 aromatic rings. The van der Waals surface area contributed by atoms with E-state index in [0.29, 0.717) is 17.3 Å². The third kappa shape index (κ3) is 2.95. The van der Waals surface area contributed by atoms with Crippen LogP contribution in [0.5, 0.6) is 5.75 Å². The van der Waals surface area contributed by atoms with Crippen LogP contribution in [0.4, 0.5) is 0 Å². The van der Waals surface area contributed by atoms with Gasteiger partial charge in [-0.3, -0.25) is 4.79 Å². The molecule has 2 rings (SSSR count).